The fraction of sp³-hybridized carbons (Fsp3) is 0.297. The average molecular weight is 703 g/mol. The van der Waals surface area contributed by atoms with E-state index in [2.05, 4.69) is 21.2 Å². The van der Waals surface area contributed by atoms with Crippen LogP contribution in [0.2, 0.25) is 0 Å². The van der Waals surface area contributed by atoms with Gasteiger partial charge in [0.15, 0.2) is 0 Å². The first-order valence-electron chi connectivity index (χ1n) is 15.7. The normalized spacial score (nSPS) is 14.1. The van der Waals surface area contributed by atoms with Crippen LogP contribution in [0.5, 0.6) is 0 Å². The maximum Gasteiger partial charge on any atom is 0.264 e. The Balaban J connectivity index is 1.59. The van der Waals surface area contributed by atoms with Crippen molar-refractivity contribution in [3.8, 4) is 0 Å². The van der Waals surface area contributed by atoms with Gasteiger partial charge < -0.3 is 10.2 Å². The van der Waals surface area contributed by atoms with Gasteiger partial charge in [-0.3, -0.25) is 13.9 Å². The summed E-state index contributed by atoms with van der Waals surface area (Å²) in [5.74, 6) is -0.703. The first-order valence-corrected chi connectivity index (χ1v) is 17.9. The van der Waals surface area contributed by atoms with Gasteiger partial charge in [-0.1, -0.05) is 102 Å². The van der Waals surface area contributed by atoms with Crippen molar-refractivity contribution in [1.82, 2.24) is 10.2 Å². The molecule has 1 aliphatic rings. The van der Waals surface area contributed by atoms with Gasteiger partial charge in [-0.2, -0.15) is 0 Å². The zero-order chi connectivity index (χ0) is 32.7. The second kappa shape index (κ2) is 15.1. The number of hydrogen-bond donors (Lipinski definition) is 1. The molecule has 0 radical (unpaired) electrons. The number of sulfonamides is 1. The Morgan fingerprint density at radius 3 is 2.15 bits per heavy atom. The van der Waals surface area contributed by atoms with E-state index in [4.69, 9.17) is 0 Å². The Bertz CT molecular complexity index is 1760. The lowest BCUT2D eigenvalue weighted by Crippen LogP contribution is -2.54. The van der Waals surface area contributed by atoms with E-state index in [-0.39, 0.29) is 29.8 Å². The number of nitrogens with zero attached hydrogens (tertiary/aromatic N) is 2. The number of nitrogens with one attached hydrogen (secondary N) is 1. The molecule has 0 unspecified atom stereocenters. The number of aryl methyl sites for hydroxylation is 1. The Kier molecular flexibility index (Phi) is 11.0. The molecule has 1 aliphatic carbocycles. The van der Waals surface area contributed by atoms with Crippen LogP contribution >= 0.6 is 15.9 Å². The third-order valence-corrected chi connectivity index (χ3v) is 10.9. The lowest BCUT2D eigenvalue weighted by molar-refractivity contribution is -0.140. The first-order chi connectivity index (χ1) is 22.1. The minimum atomic E-state index is -4.15. The van der Waals surface area contributed by atoms with Gasteiger partial charge in [0.1, 0.15) is 12.6 Å². The lowest BCUT2D eigenvalue weighted by atomic mass is 10.0. The lowest BCUT2D eigenvalue weighted by Gasteiger charge is -2.34. The topological polar surface area (TPSA) is 86.8 Å². The molecule has 1 fully saturated rings. The van der Waals surface area contributed by atoms with Crippen LogP contribution in [0.25, 0.3) is 0 Å². The standard InChI is InChI=1S/C37H40BrN3O4S/c1-27-13-11-22-34(28(27)2)41(46(44,45)33-20-7-4-8-21-33)26-36(42)40(25-30-16-12-17-31(38)23-30)35(24-29-14-5-3-6-15-29)37(43)39-32-18-9-10-19-32/h3-8,11-17,20-23,32,35H,9-10,18-19,24-26H2,1-2H3,(H,39,43)/t35-/m0/s1. The molecule has 0 aliphatic heterocycles. The number of halogens is 1. The third-order valence-electron chi connectivity index (χ3n) is 8.67. The first kappa shape index (κ1) is 33.4. The predicted octanol–water partition coefficient (Wildman–Crippen LogP) is 6.96. The van der Waals surface area contributed by atoms with Crippen molar-refractivity contribution in [3.05, 3.63) is 130 Å². The fourth-order valence-electron chi connectivity index (χ4n) is 5.99. The van der Waals surface area contributed by atoms with Crippen LogP contribution in [0.4, 0.5) is 5.69 Å². The minimum Gasteiger partial charge on any atom is -0.352 e. The molecule has 0 saturated heterocycles. The molecule has 0 bridgehead atoms. The molecule has 240 valence electrons. The van der Waals surface area contributed by atoms with Crippen LogP contribution in [-0.2, 0) is 32.6 Å². The van der Waals surface area contributed by atoms with E-state index in [9.17, 15) is 18.0 Å². The highest BCUT2D eigenvalue weighted by Gasteiger charge is 2.36. The Morgan fingerprint density at radius 2 is 1.48 bits per heavy atom. The molecule has 4 aromatic carbocycles. The molecule has 1 N–H and O–H groups in total. The number of carbonyl (C=O) groups excluding carboxylic acids is 2. The van der Waals surface area contributed by atoms with Gasteiger partial charge in [-0.05, 0) is 79.3 Å². The van der Waals surface area contributed by atoms with Crippen molar-refractivity contribution in [3.63, 3.8) is 0 Å². The fourth-order valence-corrected chi connectivity index (χ4v) is 7.93. The van der Waals surface area contributed by atoms with Gasteiger partial charge >= 0.3 is 0 Å². The second-order valence-corrected chi connectivity index (χ2v) is 14.7. The molecule has 0 aromatic heterocycles. The summed E-state index contributed by atoms with van der Waals surface area (Å²) in [6.45, 7) is 3.42. The van der Waals surface area contributed by atoms with Crippen molar-refractivity contribution >= 4 is 43.5 Å². The smallest absolute Gasteiger partial charge is 0.264 e. The van der Waals surface area contributed by atoms with Crippen LogP contribution in [-0.4, -0.2) is 43.8 Å². The van der Waals surface area contributed by atoms with Crippen LogP contribution in [0.1, 0.15) is 47.9 Å². The minimum absolute atomic E-state index is 0.0542. The number of benzene rings is 4. The van der Waals surface area contributed by atoms with E-state index in [0.29, 0.717) is 5.69 Å². The Hall–Kier alpha value is -3.95. The van der Waals surface area contributed by atoms with Crippen LogP contribution in [0, 0.1) is 13.8 Å². The number of hydrogen-bond acceptors (Lipinski definition) is 4. The number of rotatable bonds is 12. The van der Waals surface area contributed by atoms with Gasteiger partial charge in [0.2, 0.25) is 11.8 Å². The summed E-state index contributed by atoms with van der Waals surface area (Å²) in [5, 5.41) is 3.22. The number of anilines is 1. The summed E-state index contributed by atoms with van der Waals surface area (Å²) in [6.07, 6.45) is 4.19. The maximum atomic E-state index is 14.7. The van der Waals surface area contributed by atoms with Gasteiger partial charge in [0, 0.05) is 23.5 Å². The van der Waals surface area contributed by atoms with Gasteiger partial charge in [0.25, 0.3) is 10.0 Å². The van der Waals surface area contributed by atoms with Crippen molar-refractivity contribution < 1.29 is 18.0 Å². The molecule has 4 aromatic rings. The van der Waals surface area contributed by atoms with Crippen molar-refractivity contribution in [1.29, 1.82) is 0 Å². The Morgan fingerprint density at radius 1 is 0.848 bits per heavy atom. The van der Waals surface area contributed by atoms with Crippen LogP contribution in [0.3, 0.4) is 0 Å². The molecule has 7 nitrogen and oxygen atoms in total. The van der Waals surface area contributed by atoms with Gasteiger partial charge in [0.05, 0.1) is 10.6 Å². The van der Waals surface area contributed by atoms with Crippen molar-refractivity contribution in [2.75, 3.05) is 10.8 Å². The summed E-state index contributed by atoms with van der Waals surface area (Å²) < 4.78 is 30.5. The van der Waals surface area contributed by atoms with Crippen LogP contribution in [0.15, 0.2) is 112 Å². The maximum absolute atomic E-state index is 14.7. The van der Waals surface area contributed by atoms with E-state index in [1.807, 2.05) is 74.5 Å². The van der Waals surface area contributed by atoms with E-state index >= 15 is 0 Å². The summed E-state index contributed by atoms with van der Waals surface area (Å²) >= 11 is 3.53. The Labute approximate surface area is 280 Å². The van der Waals surface area contributed by atoms with Crippen LogP contribution < -0.4 is 9.62 Å². The molecule has 5 rings (SSSR count). The second-order valence-electron chi connectivity index (χ2n) is 11.9. The third kappa shape index (κ3) is 8.06. The van der Waals surface area contributed by atoms with E-state index < -0.39 is 28.5 Å². The predicted molar refractivity (Wildman–Crippen MR) is 186 cm³/mol. The zero-order valence-electron chi connectivity index (χ0n) is 26.2. The van der Waals surface area contributed by atoms with E-state index in [1.165, 1.54) is 16.4 Å². The molecule has 2 amide bonds. The average Bonchev–Trinajstić information content (AvgIpc) is 3.57. The summed E-state index contributed by atoms with van der Waals surface area (Å²) in [4.78, 5) is 30.5. The summed E-state index contributed by atoms with van der Waals surface area (Å²) in [7, 11) is -4.15. The molecule has 46 heavy (non-hydrogen) atoms. The quantitative estimate of drug-likeness (QED) is 0.173. The summed E-state index contributed by atoms with van der Waals surface area (Å²) in [6, 6.07) is 30.0. The van der Waals surface area contributed by atoms with Crippen molar-refractivity contribution in [2.45, 2.75) is 69.5 Å². The molecule has 0 spiro atoms. The van der Waals surface area contributed by atoms with E-state index in [1.54, 1.807) is 35.2 Å². The molecule has 1 saturated carbocycles. The molecule has 1 atom stereocenters. The highest BCUT2D eigenvalue weighted by atomic mass is 79.9. The highest BCUT2D eigenvalue weighted by molar-refractivity contribution is 9.10. The van der Waals surface area contributed by atoms with E-state index in [0.717, 1.165) is 52.4 Å². The molecular weight excluding hydrogens is 662 g/mol. The summed E-state index contributed by atoms with van der Waals surface area (Å²) in [5.41, 5.74) is 3.81. The van der Waals surface area contributed by atoms with Gasteiger partial charge in [-0.25, -0.2) is 8.42 Å². The van der Waals surface area contributed by atoms with Crippen molar-refractivity contribution in [2.24, 2.45) is 0 Å². The SMILES string of the molecule is Cc1cccc(N(CC(=O)N(Cc2cccc(Br)c2)[C@@H](Cc2ccccc2)C(=O)NC2CCCC2)S(=O)(=O)c2ccccc2)c1C. The molecule has 9 heteroatoms. The highest BCUT2D eigenvalue weighted by Crippen LogP contribution is 2.29. The number of carbonyl (C=O) groups is 2. The largest absolute Gasteiger partial charge is 0.352 e. The zero-order valence-corrected chi connectivity index (χ0v) is 28.6. The molecular formula is C37H40BrN3O4S. The monoisotopic (exact) mass is 701 g/mol. The van der Waals surface area contributed by atoms with Gasteiger partial charge in [-0.15, -0.1) is 0 Å². The molecule has 0 heterocycles. The number of amides is 2.